The van der Waals surface area contributed by atoms with E-state index >= 15 is 0 Å². The Labute approximate surface area is 135 Å². The van der Waals surface area contributed by atoms with Gasteiger partial charge in [0.25, 0.3) is 0 Å². The molecule has 4 heteroatoms. The van der Waals surface area contributed by atoms with E-state index in [1.54, 1.807) is 19.2 Å². The van der Waals surface area contributed by atoms with Crippen molar-refractivity contribution < 1.29 is 13.9 Å². The number of benzene rings is 2. The molecule has 0 spiro atoms. The van der Waals surface area contributed by atoms with Crippen LogP contribution < -0.4 is 4.74 Å². The van der Waals surface area contributed by atoms with Crippen molar-refractivity contribution >= 4 is 5.91 Å². The molecule has 0 heterocycles. The third kappa shape index (κ3) is 4.09. The normalized spacial score (nSPS) is 13.7. The molecule has 2 aromatic carbocycles. The molecule has 1 amide bonds. The Balaban J connectivity index is 1.70. The molecular weight excluding hydrogens is 293 g/mol. The minimum atomic E-state index is -0.255. The Morgan fingerprint density at radius 3 is 2.57 bits per heavy atom. The van der Waals surface area contributed by atoms with Crippen LogP contribution >= 0.6 is 0 Å². The van der Waals surface area contributed by atoms with Crippen molar-refractivity contribution in [2.75, 3.05) is 7.11 Å². The van der Waals surface area contributed by atoms with Crippen LogP contribution in [-0.4, -0.2) is 24.0 Å². The molecule has 2 aromatic rings. The van der Waals surface area contributed by atoms with Crippen molar-refractivity contribution in [2.45, 2.75) is 31.8 Å². The van der Waals surface area contributed by atoms with Crippen molar-refractivity contribution in [1.82, 2.24) is 4.90 Å². The summed E-state index contributed by atoms with van der Waals surface area (Å²) >= 11 is 0. The molecule has 1 saturated carbocycles. The molecule has 0 radical (unpaired) electrons. The second-order valence-electron chi connectivity index (χ2n) is 5.91. The van der Waals surface area contributed by atoms with Crippen LogP contribution in [0.3, 0.4) is 0 Å². The summed E-state index contributed by atoms with van der Waals surface area (Å²) in [6.45, 7) is 0.535. The van der Waals surface area contributed by atoms with Crippen LogP contribution in [0.4, 0.5) is 4.39 Å². The van der Waals surface area contributed by atoms with E-state index in [2.05, 4.69) is 0 Å². The van der Waals surface area contributed by atoms with Crippen LogP contribution in [-0.2, 0) is 17.8 Å². The summed E-state index contributed by atoms with van der Waals surface area (Å²) < 4.78 is 18.2. The average molecular weight is 313 g/mol. The molecule has 3 nitrogen and oxygen atoms in total. The van der Waals surface area contributed by atoms with Crippen LogP contribution in [0.2, 0.25) is 0 Å². The van der Waals surface area contributed by atoms with Crippen LogP contribution in [0.5, 0.6) is 5.75 Å². The molecule has 120 valence electrons. The zero-order chi connectivity index (χ0) is 16.2. The van der Waals surface area contributed by atoms with Gasteiger partial charge in [0.05, 0.1) is 13.5 Å². The standard InChI is InChI=1S/C19H20FNO2/c1-23-18-4-2-3-15(11-18)12-19(22)21(17-9-10-17)13-14-5-7-16(20)8-6-14/h2-8,11,17H,9-10,12-13H2,1H3. The topological polar surface area (TPSA) is 29.5 Å². The van der Waals surface area contributed by atoms with Crippen molar-refractivity contribution in [3.8, 4) is 5.75 Å². The van der Waals surface area contributed by atoms with Gasteiger partial charge in [-0.15, -0.1) is 0 Å². The van der Waals surface area contributed by atoms with E-state index < -0.39 is 0 Å². The number of hydrogen-bond acceptors (Lipinski definition) is 2. The minimum Gasteiger partial charge on any atom is -0.497 e. The highest BCUT2D eigenvalue weighted by atomic mass is 19.1. The molecule has 23 heavy (non-hydrogen) atoms. The molecule has 0 unspecified atom stereocenters. The zero-order valence-corrected chi connectivity index (χ0v) is 13.2. The zero-order valence-electron chi connectivity index (χ0n) is 13.2. The smallest absolute Gasteiger partial charge is 0.227 e. The van der Waals surface area contributed by atoms with Crippen LogP contribution in [0.1, 0.15) is 24.0 Å². The first kappa shape index (κ1) is 15.5. The van der Waals surface area contributed by atoms with Gasteiger partial charge in [0.2, 0.25) is 5.91 Å². The summed E-state index contributed by atoms with van der Waals surface area (Å²) in [6, 6.07) is 14.3. The van der Waals surface area contributed by atoms with Gasteiger partial charge in [-0.3, -0.25) is 4.79 Å². The second kappa shape index (κ2) is 6.82. The Kier molecular flexibility index (Phi) is 4.60. The lowest BCUT2D eigenvalue weighted by Gasteiger charge is -2.23. The lowest BCUT2D eigenvalue weighted by Crippen LogP contribution is -2.33. The molecule has 1 aliphatic carbocycles. The van der Waals surface area contributed by atoms with E-state index in [9.17, 15) is 9.18 Å². The van der Waals surface area contributed by atoms with E-state index in [1.165, 1.54) is 12.1 Å². The predicted molar refractivity (Wildman–Crippen MR) is 86.7 cm³/mol. The van der Waals surface area contributed by atoms with E-state index in [0.29, 0.717) is 19.0 Å². The highest BCUT2D eigenvalue weighted by molar-refractivity contribution is 5.79. The van der Waals surface area contributed by atoms with E-state index in [4.69, 9.17) is 4.74 Å². The first-order valence-electron chi connectivity index (χ1n) is 7.82. The Hall–Kier alpha value is -2.36. The maximum absolute atomic E-state index is 13.0. The monoisotopic (exact) mass is 313 g/mol. The quantitative estimate of drug-likeness (QED) is 0.816. The number of nitrogens with zero attached hydrogens (tertiary/aromatic N) is 1. The Morgan fingerprint density at radius 2 is 1.91 bits per heavy atom. The SMILES string of the molecule is COc1cccc(CC(=O)N(Cc2ccc(F)cc2)C2CC2)c1. The minimum absolute atomic E-state index is 0.102. The van der Waals surface area contributed by atoms with Gasteiger partial charge in [0.15, 0.2) is 0 Å². The van der Waals surface area contributed by atoms with E-state index in [0.717, 1.165) is 29.7 Å². The Morgan fingerprint density at radius 1 is 1.17 bits per heavy atom. The molecule has 1 aliphatic rings. The Bertz CT molecular complexity index is 680. The van der Waals surface area contributed by atoms with Crippen molar-refractivity contribution in [1.29, 1.82) is 0 Å². The highest BCUT2D eigenvalue weighted by Gasteiger charge is 2.32. The van der Waals surface area contributed by atoms with Gasteiger partial charge in [-0.05, 0) is 48.2 Å². The number of methoxy groups -OCH3 is 1. The largest absolute Gasteiger partial charge is 0.497 e. The number of ether oxygens (including phenoxy) is 1. The number of carbonyl (C=O) groups is 1. The summed E-state index contributed by atoms with van der Waals surface area (Å²) in [6.07, 6.45) is 2.45. The van der Waals surface area contributed by atoms with Gasteiger partial charge >= 0.3 is 0 Å². The van der Waals surface area contributed by atoms with Crippen LogP contribution in [0, 0.1) is 5.82 Å². The predicted octanol–water partition coefficient (Wildman–Crippen LogP) is 3.57. The van der Waals surface area contributed by atoms with Gasteiger partial charge in [-0.25, -0.2) is 4.39 Å². The van der Waals surface area contributed by atoms with E-state index in [1.807, 2.05) is 29.2 Å². The highest BCUT2D eigenvalue weighted by Crippen LogP contribution is 2.29. The number of halogens is 1. The summed E-state index contributed by atoms with van der Waals surface area (Å²) in [5.41, 5.74) is 1.90. The number of rotatable bonds is 6. The van der Waals surface area contributed by atoms with Gasteiger partial charge < -0.3 is 9.64 Å². The molecule has 3 rings (SSSR count). The third-order valence-corrected chi connectivity index (χ3v) is 4.06. The molecule has 0 bridgehead atoms. The van der Waals surface area contributed by atoms with Crippen LogP contribution in [0.25, 0.3) is 0 Å². The lowest BCUT2D eigenvalue weighted by atomic mass is 10.1. The van der Waals surface area contributed by atoms with E-state index in [-0.39, 0.29) is 11.7 Å². The van der Waals surface area contributed by atoms with Gasteiger partial charge in [0.1, 0.15) is 11.6 Å². The second-order valence-corrected chi connectivity index (χ2v) is 5.91. The molecule has 0 atom stereocenters. The average Bonchev–Trinajstić information content (AvgIpc) is 3.39. The summed E-state index contributed by atoms with van der Waals surface area (Å²) in [5.74, 6) is 0.603. The maximum Gasteiger partial charge on any atom is 0.227 e. The van der Waals surface area contributed by atoms with Crippen molar-refractivity contribution in [2.24, 2.45) is 0 Å². The van der Waals surface area contributed by atoms with Gasteiger partial charge in [0, 0.05) is 12.6 Å². The molecule has 0 aromatic heterocycles. The summed E-state index contributed by atoms with van der Waals surface area (Å²) in [5, 5.41) is 0. The molecule has 1 fully saturated rings. The number of carbonyl (C=O) groups excluding carboxylic acids is 1. The van der Waals surface area contributed by atoms with Gasteiger partial charge in [-0.2, -0.15) is 0 Å². The molecule has 0 saturated heterocycles. The first-order valence-corrected chi connectivity index (χ1v) is 7.82. The fourth-order valence-electron chi connectivity index (χ4n) is 2.65. The summed E-state index contributed by atoms with van der Waals surface area (Å²) in [7, 11) is 1.62. The maximum atomic E-state index is 13.0. The number of hydrogen-bond donors (Lipinski definition) is 0. The summed E-state index contributed by atoms with van der Waals surface area (Å²) in [4.78, 5) is 14.6. The fraction of sp³-hybridized carbons (Fsp3) is 0.316. The number of amides is 1. The first-order chi connectivity index (χ1) is 11.2. The third-order valence-electron chi connectivity index (χ3n) is 4.06. The lowest BCUT2D eigenvalue weighted by molar-refractivity contribution is -0.131. The molecule has 0 N–H and O–H groups in total. The van der Waals surface area contributed by atoms with Crippen molar-refractivity contribution in [3.63, 3.8) is 0 Å². The van der Waals surface area contributed by atoms with Crippen LogP contribution in [0.15, 0.2) is 48.5 Å². The fourth-order valence-corrected chi connectivity index (χ4v) is 2.65. The molecular formula is C19H20FNO2. The van der Waals surface area contributed by atoms with Crippen molar-refractivity contribution in [3.05, 3.63) is 65.5 Å². The van der Waals surface area contributed by atoms with Gasteiger partial charge in [-0.1, -0.05) is 24.3 Å². The molecule has 0 aliphatic heterocycles.